The van der Waals surface area contributed by atoms with Crippen molar-refractivity contribution in [2.45, 2.75) is 26.3 Å². The summed E-state index contributed by atoms with van der Waals surface area (Å²) in [5.41, 5.74) is 3.04. The van der Waals surface area contributed by atoms with Gasteiger partial charge in [0.25, 0.3) is 0 Å². The molecule has 1 rings (SSSR count). The minimum absolute atomic E-state index is 0.00683. The van der Waals surface area contributed by atoms with E-state index in [0.29, 0.717) is 5.75 Å². The average molecular weight is 277 g/mol. The van der Waals surface area contributed by atoms with E-state index in [9.17, 15) is 9.59 Å². The molecule has 1 aromatic rings. The van der Waals surface area contributed by atoms with E-state index >= 15 is 0 Å². The highest BCUT2D eigenvalue weighted by molar-refractivity contribution is 5.97. The number of carbonyl (C=O) groups excluding carboxylic acids is 2. The molecule has 0 bridgehead atoms. The molecule has 0 fully saturated rings. The highest BCUT2D eigenvalue weighted by atomic mass is 16.5. The molecule has 108 valence electrons. The van der Waals surface area contributed by atoms with Crippen molar-refractivity contribution in [2.75, 3.05) is 7.11 Å². The molecule has 0 spiro atoms. The van der Waals surface area contributed by atoms with Crippen LogP contribution in [0.25, 0.3) is 0 Å². The summed E-state index contributed by atoms with van der Waals surface area (Å²) in [6.07, 6.45) is 1.22. The summed E-state index contributed by atoms with van der Waals surface area (Å²) < 4.78 is 5.14. The Morgan fingerprint density at radius 1 is 1.30 bits per heavy atom. The molecule has 6 nitrogen and oxygen atoms in total. The van der Waals surface area contributed by atoms with Crippen molar-refractivity contribution in [1.29, 1.82) is 0 Å². The maximum absolute atomic E-state index is 11.5. The van der Waals surface area contributed by atoms with E-state index in [2.05, 4.69) is 15.8 Å². The first-order valence-electron chi connectivity index (χ1n) is 6.27. The highest BCUT2D eigenvalue weighted by Gasteiger charge is 2.09. The van der Waals surface area contributed by atoms with Crippen LogP contribution in [0, 0.1) is 0 Å². The number of hydrogen-bond acceptors (Lipinski definition) is 4. The topological polar surface area (TPSA) is 79.8 Å². The monoisotopic (exact) mass is 277 g/mol. The van der Waals surface area contributed by atoms with Gasteiger partial charge in [0.15, 0.2) is 0 Å². The molecule has 0 aromatic heterocycles. The lowest BCUT2D eigenvalue weighted by atomic mass is 10.2. The zero-order valence-corrected chi connectivity index (χ0v) is 11.8. The lowest BCUT2D eigenvalue weighted by Crippen LogP contribution is -2.34. The molecule has 0 aliphatic heterocycles. The summed E-state index contributed by atoms with van der Waals surface area (Å²) in [4.78, 5) is 22.8. The van der Waals surface area contributed by atoms with Crippen molar-refractivity contribution < 1.29 is 14.3 Å². The van der Waals surface area contributed by atoms with Crippen molar-refractivity contribution in [3.63, 3.8) is 0 Å². The van der Waals surface area contributed by atoms with Crippen molar-refractivity contribution in [3.8, 4) is 5.75 Å². The third kappa shape index (κ3) is 5.51. The van der Waals surface area contributed by atoms with Gasteiger partial charge in [0.2, 0.25) is 11.8 Å². The van der Waals surface area contributed by atoms with Gasteiger partial charge in [-0.3, -0.25) is 9.59 Å². The summed E-state index contributed by atoms with van der Waals surface area (Å²) in [6, 6.07) is 7.28. The Hall–Kier alpha value is -2.37. The number of hydrazone groups is 1. The fourth-order valence-corrected chi connectivity index (χ4v) is 1.51. The van der Waals surface area contributed by atoms with Crippen LogP contribution in [-0.2, 0) is 9.59 Å². The number of amides is 2. The van der Waals surface area contributed by atoms with E-state index < -0.39 is 5.91 Å². The van der Waals surface area contributed by atoms with Gasteiger partial charge in [-0.15, -0.1) is 0 Å². The van der Waals surface area contributed by atoms with Gasteiger partial charge < -0.3 is 10.1 Å². The number of rotatable bonds is 6. The van der Waals surface area contributed by atoms with Gasteiger partial charge >= 0.3 is 0 Å². The molecular weight excluding hydrogens is 258 g/mol. The van der Waals surface area contributed by atoms with Crippen LogP contribution in [0.15, 0.2) is 29.4 Å². The van der Waals surface area contributed by atoms with Gasteiger partial charge in [-0.25, -0.2) is 5.43 Å². The number of nitrogens with zero attached hydrogens (tertiary/aromatic N) is 1. The molecule has 2 amide bonds. The van der Waals surface area contributed by atoms with Crippen LogP contribution in [0.1, 0.15) is 25.8 Å². The van der Waals surface area contributed by atoms with Crippen molar-refractivity contribution in [1.82, 2.24) is 10.7 Å². The summed E-state index contributed by atoms with van der Waals surface area (Å²) in [5, 5.41) is 6.43. The molecule has 0 aliphatic rings. The predicted octanol–water partition coefficient (Wildman–Crippen LogP) is 1.06. The first-order valence-corrected chi connectivity index (χ1v) is 6.27. The molecule has 6 heteroatoms. The second-order valence-corrected chi connectivity index (χ2v) is 4.43. The molecule has 0 atom stereocenters. The summed E-state index contributed by atoms with van der Waals surface area (Å²) in [5.74, 6) is -0.137. The van der Waals surface area contributed by atoms with Crippen LogP contribution in [0.5, 0.6) is 5.75 Å². The van der Waals surface area contributed by atoms with Crippen LogP contribution >= 0.6 is 0 Å². The molecule has 0 heterocycles. The van der Waals surface area contributed by atoms with E-state index in [1.54, 1.807) is 19.2 Å². The average Bonchev–Trinajstić information content (AvgIpc) is 2.38. The van der Waals surface area contributed by atoms with Crippen molar-refractivity contribution in [2.24, 2.45) is 5.10 Å². The number of nitrogens with one attached hydrogen (secondary N) is 2. The van der Waals surface area contributed by atoms with Crippen LogP contribution in [0.2, 0.25) is 0 Å². The maximum atomic E-state index is 11.5. The van der Waals surface area contributed by atoms with Crippen molar-refractivity contribution >= 4 is 18.0 Å². The maximum Gasteiger partial charge on any atom is 0.249 e. The van der Waals surface area contributed by atoms with Gasteiger partial charge in [-0.2, -0.15) is 5.10 Å². The molecule has 20 heavy (non-hydrogen) atoms. The fraction of sp³-hybridized carbons (Fsp3) is 0.357. The molecule has 0 aliphatic carbocycles. The normalized spacial score (nSPS) is 10.6. The summed E-state index contributed by atoms with van der Waals surface area (Å²) in [6.45, 7) is 3.66. The van der Waals surface area contributed by atoms with E-state index in [-0.39, 0.29) is 18.4 Å². The van der Waals surface area contributed by atoms with Crippen LogP contribution in [0.3, 0.4) is 0 Å². The van der Waals surface area contributed by atoms with Crippen LogP contribution < -0.4 is 15.5 Å². The lowest BCUT2D eigenvalue weighted by molar-refractivity contribution is -0.129. The van der Waals surface area contributed by atoms with Gasteiger partial charge in [0, 0.05) is 11.6 Å². The number of para-hydroxylation sites is 1. The first kappa shape index (κ1) is 15.7. The van der Waals surface area contributed by atoms with Crippen LogP contribution in [0.4, 0.5) is 0 Å². The Labute approximate surface area is 118 Å². The minimum Gasteiger partial charge on any atom is -0.496 e. The molecule has 0 saturated carbocycles. The standard InChI is InChI=1S/C14H19N3O3/c1-10(2)16-13(18)8-14(19)17-15-9-11-6-4-5-7-12(11)20-3/h4-7,9-10H,8H2,1-3H3,(H,16,18)(H,17,19)/b15-9-. The van der Waals surface area contributed by atoms with Crippen molar-refractivity contribution in [3.05, 3.63) is 29.8 Å². The number of benzene rings is 1. The van der Waals surface area contributed by atoms with Gasteiger partial charge in [-0.1, -0.05) is 12.1 Å². The molecule has 2 N–H and O–H groups in total. The number of methoxy groups -OCH3 is 1. The molecule has 0 radical (unpaired) electrons. The van der Waals surface area contributed by atoms with Gasteiger partial charge in [0.1, 0.15) is 12.2 Å². The second-order valence-electron chi connectivity index (χ2n) is 4.43. The second kappa shape index (κ2) is 7.93. The molecule has 0 unspecified atom stereocenters. The predicted molar refractivity (Wildman–Crippen MR) is 76.6 cm³/mol. The van der Waals surface area contributed by atoms with Gasteiger partial charge in [-0.05, 0) is 26.0 Å². The molecule has 1 aromatic carbocycles. The number of ether oxygens (including phenoxy) is 1. The molecule has 0 saturated heterocycles. The fourth-order valence-electron chi connectivity index (χ4n) is 1.51. The Balaban J connectivity index is 2.48. The van der Waals surface area contributed by atoms with E-state index in [4.69, 9.17) is 4.74 Å². The Morgan fingerprint density at radius 2 is 2.00 bits per heavy atom. The highest BCUT2D eigenvalue weighted by Crippen LogP contribution is 2.14. The number of carbonyl (C=O) groups is 2. The van der Waals surface area contributed by atoms with E-state index in [1.807, 2.05) is 26.0 Å². The Morgan fingerprint density at radius 3 is 2.65 bits per heavy atom. The Bertz CT molecular complexity index is 498. The van der Waals surface area contributed by atoms with E-state index in [0.717, 1.165) is 5.56 Å². The zero-order chi connectivity index (χ0) is 15.0. The largest absolute Gasteiger partial charge is 0.496 e. The summed E-state index contributed by atoms with van der Waals surface area (Å²) >= 11 is 0. The molecular formula is C14H19N3O3. The smallest absolute Gasteiger partial charge is 0.249 e. The third-order valence-corrected chi connectivity index (χ3v) is 2.30. The van der Waals surface area contributed by atoms with Gasteiger partial charge in [0.05, 0.1) is 13.3 Å². The summed E-state index contributed by atoms with van der Waals surface area (Å²) in [7, 11) is 1.56. The zero-order valence-electron chi connectivity index (χ0n) is 11.8. The number of hydrogen-bond donors (Lipinski definition) is 2. The third-order valence-electron chi connectivity index (χ3n) is 2.30. The first-order chi connectivity index (χ1) is 9.52. The lowest BCUT2D eigenvalue weighted by Gasteiger charge is -2.07. The van der Waals surface area contributed by atoms with Crippen LogP contribution in [-0.4, -0.2) is 31.2 Å². The quantitative estimate of drug-likeness (QED) is 0.463. The SMILES string of the molecule is COc1ccccc1/C=N\NC(=O)CC(=O)NC(C)C. The Kier molecular flexibility index (Phi) is 6.22. The minimum atomic E-state index is -0.464. The van der Waals surface area contributed by atoms with E-state index in [1.165, 1.54) is 6.21 Å².